The molecule has 0 unspecified atom stereocenters. The molecule has 0 bridgehead atoms. The summed E-state index contributed by atoms with van der Waals surface area (Å²) in [6.07, 6.45) is 0. The minimum Gasteiger partial charge on any atom is -0.248 e. The lowest BCUT2D eigenvalue weighted by Crippen LogP contribution is -2.24. The van der Waals surface area contributed by atoms with Crippen LogP contribution in [-0.2, 0) is 16.8 Å². The molecule has 0 aliphatic heterocycles. The van der Waals surface area contributed by atoms with Crippen LogP contribution in [0, 0.1) is 0 Å². The maximum absolute atomic E-state index is 6.34. The van der Waals surface area contributed by atoms with Crippen LogP contribution in [0.3, 0.4) is 0 Å². The van der Waals surface area contributed by atoms with Crippen molar-refractivity contribution in [1.82, 2.24) is 9.78 Å². The molecule has 0 aliphatic rings. The number of hydrogen-bond donors (Lipinski definition) is 0. The fourth-order valence-corrected chi connectivity index (χ4v) is 2.36. The van der Waals surface area contributed by atoms with Gasteiger partial charge in [-0.3, -0.25) is 0 Å². The lowest BCUT2D eigenvalue weighted by atomic mass is 9.90. The summed E-state index contributed by atoms with van der Waals surface area (Å²) in [5.41, 5.74) is 1.78. The maximum Gasteiger partial charge on any atom is 0.132 e. The molecule has 0 amide bonds. The van der Waals surface area contributed by atoms with Crippen molar-refractivity contribution in [2.75, 3.05) is 0 Å². The van der Waals surface area contributed by atoms with E-state index in [2.05, 4.69) is 46.6 Å². The molecule has 0 saturated carbocycles. The van der Waals surface area contributed by atoms with Crippen LogP contribution in [0.5, 0.6) is 0 Å². The Morgan fingerprint density at radius 2 is 1.62 bits per heavy atom. The van der Waals surface area contributed by atoms with E-state index in [0.29, 0.717) is 11.0 Å². The molecule has 0 aromatic carbocycles. The van der Waals surface area contributed by atoms with Gasteiger partial charge in [0.15, 0.2) is 0 Å². The fraction of sp³-hybridized carbons (Fsp3) is 0.750. The average Bonchev–Trinajstić information content (AvgIpc) is 2.40. The van der Waals surface area contributed by atoms with Crippen molar-refractivity contribution in [2.24, 2.45) is 0 Å². The molecule has 1 aromatic rings. The van der Waals surface area contributed by atoms with Crippen molar-refractivity contribution in [2.45, 2.75) is 58.4 Å². The summed E-state index contributed by atoms with van der Waals surface area (Å²) in [7, 11) is 0. The summed E-state index contributed by atoms with van der Waals surface area (Å²) in [6, 6.07) is 0. The normalized spacial score (nSPS) is 13.2. The molecule has 1 rings (SSSR count). The van der Waals surface area contributed by atoms with E-state index >= 15 is 0 Å². The number of alkyl halides is 1. The minimum absolute atomic E-state index is 0.0373. The highest BCUT2D eigenvalue weighted by Gasteiger charge is 2.29. The highest BCUT2D eigenvalue weighted by molar-refractivity contribution is 6.31. The third kappa shape index (κ3) is 2.54. The van der Waals surface area contributed by atoms with Crippen LogP contribution < -0.4 is 0 Å². The lowest BCUT2D eigenvalue weighted by Gasteiger charge is -2.21. The largest absolute Gasteiger partial charge is 0.248 e. The van der Waals surface area contributed by atoms with E-state index in [1.165, 1.54) is 0 Å². The first-order valence-electron chi connectivity index (χ1n) is 5.43. The maximum atomic E-state index is 6.34. The first kappa shape index (κ1) is 13.9. The molecule has 0 saturated heterocycles. The second-order valence-corrected chi connectivity index (χ2v) is 6.71. The summed E-state index contributed by atoms with van der Waals surface area (Å²) in [6.45, 7) is 12.6. The van der Waals surface area contributed by atoms with Gasteiger partial charge in [0.2, 0.25) is 0 Å². The lowest BCUT2D eigenvalue weighted by molar-refractivity contribution is 0.349. The zero-order valence-corrected chi connectivity index (χ0v) is 12.4. The van der Waals surface area contributed by atoms with Gasteiger partial charge in [0.25, 0.3) is 0 Å². The molecule has 1 aromatic heterocycles. The molecule has 0 fully saturated rings. The van der Waals surface area contributed by atoms with Crippen molar-refractivity contribution in [3.63, 3.8) is 0 Å². The number of rotatable bonds is 1. The standard InChI is InChI=1S/C12H20Cl2N2/c1-11(2,3)9-8(7-13)10(14)16(15-9)12(4,5)6/h7H2,1-6H3. The Balaban J connectivity index is 3.44. The second kappa shape index (κ2) is 4.23. The highest BCUT2D eigenvalue weighted by atomic mass is 35.5. The third-order valence-corrected chi connectivity index (χ3v) is 3.06. The Labute approximate surface area is 108 Å². The Kier molecular flexibility index (Phi) is 3.66. The van der Waals surface area contributed by atoms with Crippen LogP contribution in [0.1, 0.15) is 52.8 Å². The van der Waals surface area contributed by atoms with Crippen LogP contribution in [-0.4, -0.2) is 9.78 Å². The van der Waals surface area contributed by atoms with Crippen LogP contribution >= 0.6 is 23.2 Å². The molecule has 0 N–H and O–H groups in total. The Bertz CT molecular complexity index is 381. The molecule has 2 nitrogen and oxygen atoms in total. The number of hydrogen-bond acceptors (Lipinski definition) is 1. The summed E-state index contributed by atoms with van der Waals surface area (Å²) in [5, 5.41) is 5.28. The van der Waals surface area contributed by atoms with Crippen molar-refractivity contribution in [3.8, 4) is 0 Å². The molecule has 1 heterocycles. The van der Waals surface area contributed by atoms with E-state index < -0.39 is 0 Å². The second-order valence-electron chi connectivity index (χ2n) is 6.08. The van der Waals surface area contributed by atoms with Crippen LogP contribution in [0.15, 0.2) is 0 Å². The van der Waals surface area contributed by atoms with Gasteiger partial charge in [-0.2, -0.15) is 5.10 Å². The molecule has 92 valence electrons. The minimum atomic E-state index is -0.124. The summed E-state index contributed by atoms with van der Waals surface area (Å²) < 4.78 is 1.85. The quantitative estimate of drug-likeness (QED) is 0.689. The Morgan fingerprint density at radius 1 is 1.12 bits per heavy atom. The monoisotopic (exact) mass is 262 g/mol. The fourth-order valence-electron chi connectivity index (χ4n) is 1.60. The predicted molar refractivity (Wildman–Crippen MR) is 70.5 cm³/mol. The van der Waals surface area contributed by atoms with E-state index in [1.807, 2.05) is 4.68 Å². The van der Waals surface area contributed by atoms with Gasteiger partial charge in [0.1, 0.15) is 5.15 Å². The van der Waals surface area contributed by atoms with Gasteiger partial charge < -0.3 is 0 Å². The molecule has 0 aliphatic carbocycles. The third-order valence-electron chi connectivity index (χ3n) is 2.40. The summed E-state index contributed by atoms with van der Waals surface area (Å²) in [5.74, 6) is 0.404. The zero-order valence-electron chi connectivity index (χ0n) is 10.9. The van der Waals surface area contributed by atoms with Crippen LogP contribution in [0.2, 0.25) is 5.15 Å². The first-order chi connectivity index (χ1) is 7.09. The van der Waals surface area contributed by atoms with Gasteiger partial charge in [0.05, 0.1) is 17.1 Å². The Hall–Kier alpha value is -0.210. The topological polar surface area (TPSA) is 17.8 Å². The van der Waals surface area contributed by atoms with E-state index in [4.69, 9.17) is 23.2 Å². The van der Waals surface area contributed by atoms with E-state index in [-0.39, 0.29) is 11.0 Å². The van der Waals surface area contributed by atoms with Crippen molar-refractivity contribution >= 4 is 23.2 Å². The summed E-state index contributed by atoms with van der Waals surface area (Å²) in [4.78, 5) is 0. The van der Waals surface area contributed by atoms with Crippen molar-refractivity contribution < 1.29 is 0 Å². The van der Waals surface area contributed by atoms with Crippen LogP contribution in [0.4, 0.5) is 0 Å². The Morgan fingerprint density at radius 3 is 1.88 bits per heavy atom. The number of halogens is 2. The molecule has 0 spiro atoms. The van der Waals surface area contributed by atoms with Gasteiger partial charge in [-0.25, -0.2) is 4.68 Å². The molecule has 4 heteroatoms. The zero-order chi connectivity index (χ0) is 12.7. The average molecular weight is 263 g/mol. The van der Waals surface area contributed by atoms with Gasteiger partial charge in [-0.05, 0) is 20.8 Å². The molecule has 0 atom stereocenters. The van der Waals surface area contributed by atoms with E-state index in [9.17, 15) is 0 Å². The van der Waals surface area contributed by atoms with E-state index in [1.54, 1.807) is 0 Å². The van der Waals surface area contributed by atoms with Gasteiger partial charge >= 0.3 is 0 Å². The van der Waals surface area contributed by atoms with Gasteiger partial charge in [-0.15, -0.1) is 11.6 Å². The molecular weight excluding hydrogens is 243 g/mol. The van der Waals surface area contributed by atoms with Crippen LogP contribution in [0.25, 0.3) is 0 Å². The molecular formula is C12H20Cl2N2. The number of nitrogens with zero attached hydrogens (tertiary/aromatic N) is 2. The van der Waals surface area contributed by atoms with Gasteiger partial charge in [0, 0.05) is 11.0 Å². The smallest absolute Gasteiger partial charge is 0.132 e. The number of aromatic nitrogens is 2. The SMILES string of the molecule is CC(C)(C)c1nn(C(C)(C)C)c(Cl)c1CCl. The van der Waals surface area contributed by atoms with Gasteiger partial charge in [-0.1, -0.05) is 32.4 Å². The highest BCUT2D eigenvalue weighted by Crippen LogP contribution is 2.33. The molecule has 0 radical (unpaired) electrons. The molecule has 16 heavy (non-hydrogen) atoms. The predicted octanol–water partition coefficient (Wildman–Crippen LogP) is 4.33. The van der Waals surface area contributed by atoms with Crippen molar-refractivity contribution in [1.29, 1.82) is 0 Å². The van der Waals surface area contributed by atoms with Crippen molar-refractivity contribution in [3.05, 3.63) is 16.4 Å². The van der Waals surface area contributed by atoms with E-state index in [0.717, 1.165) is 11.3 Å². The summed E-state index contributed by atoms with van der Waals surface area (Å²) >= 11 is 12.3. The first-order valence-corrected chi connectivity index (χ1v) is 6.34.